The number of halogens is 2. The molecule has 4 nitrogen and oxygen atoms in total. The maximum Gasteiger partial charge on any atom is 0.242 e. The molecular weight excluding hydrogens is 309 g/mol. The number of benzene rings is 1. The van der Waals surface area contributed by atoms with Gasteiger partial charge in [-0.3, -0.25) is 0 Å². The number of sulfonamides is 1. The molecule has 0 fully saturated rings. The summed E-state index contributed by atoms with van der Waals surface area (Å²) in [7, 11) is -3.82. The van der Waals surface area contributed by atoms with Gasteiger partial charge in [0, 0.05) is 11.1 Å². The maximum atomic E-state index is 12.3. The number of aryl methyl sites for hydroxylation is 1. The van der Waals surface area contributed by atoms with Crippen molar-refractivity contribution in [3.63, 3.8) is 0 Å². The van der Waals surface area contributed by atoms with Gasteiger partial charge in [0.05, 0.1) is 11.6 Å². The fourth-order valence-corrected chi connectivity index (χ4v) is 4.18. The molecule has 19 heavy (non-hydrogen) atoms. The first-order valence-electron chi connectivity index (χ1n) is 5.83. The summed E-state index contributed by atoms with van der Waals surface area (Å²) < 4.78 is 27.1. The molecule has 1 rings (SSSR count). The van der Waals surface area contributed by atoms with E-state index >= 15 is 0 Å². The van der Waals surface area contributed by atoms with E-state index in [0.29, 0.717) is 22.6 Å². The highest BCUT2D eigenvalue weighted by Gasteiger charge is 2.25. The van der Waals surface area contributed by atoms with Crippen molar-refractivity contribution in [3.8, 4) is 0 Å². The molecule has 1 aromatic carbocycles. The van der Waals surface area contributed by atoms with Gasteiger partial charge >= 0.3 is 0 Å². The summed E-state index contributed by atoms with van der Waals surface area (Å²) >= 11 is 12.1. The van der Waals surface area contributed by atoms with Crippen LogP contribution in [0.1, 0.15) is 24.5 Å². The second kappa shape index (κ2) is 6.41. The molecule has 1 atom stereocenters. The zero-order valence-corrected chi connectivity index (χ0v) is 13.3. The van der Waals surface area contributed by atoms with Crippen molar-refractivity contribution < 1.29 is 13.5 Å². The van der Waals surface area contributed by atoms with Gasteiger partial charge in [-0.25, -0.2) is 13.1 Å². The number of hydrogen-bond donors (Lipinski definition) is 2. The van der Waals surface area contributed by atoms with Crippen LogP contribution in [0.4, 0.5) is 0 Å². The minimum atomic E-state index is -3.82. The molecule has 0 aliphatic rings. The summed E-state index contributed by atoms with van der Waals surface area (Å²) in [4.78, 5) is -0.0222. The topological polar surface area (TPSA) is 66.4 Å². The zero-order chi connectivity index (χ0) is 14.8. The molecular formula is C12H17Cl2NO3S. The summed E-state index contributed by atoms with van der Waals surface area (Å²) in [5.41, 5.74) is 0.993. The van der Waals surface area contributed by atoms with E-state index in [4.69, 9.17) is 28.3 Å². The van der Waals surface area contributed by atoms with Crippen LogP contribution >= 0.6 is 23.2 Å². The lowest BCUT2D eigenvalue weighted by atomic mass is 10.2. The van der Waals surface area contributed by atoms with Gasteiger partial charge in [0.25, 0.3) is 0 Å². The van der Waals surface area contributed by atoms with Gasteiger partial charge < -0.3 is 5.11 Å². The summed E-state index contributed by atoms with van der Waals surface area (Å²) in [6, 6.07) is 1.08. The summed E-state index contributed by atoms with van der Waals surface area (Å²) in [5, 5.41) is 9.60. The van der Waals surface area contributed by atoms with Crippen LogP contribution in [-0.4, -0.2) is 26.2 Å². The van der Waals surface area contributed by atoms with Crippen molar-refractivity contribution in [2.75, 3.05) is 6.61 Å². The first kappa shape index (κ1) is 16.7. The maximum absolute atomic E-state index is 12.3. The number of hydrogen-bond acceptors (Lipinski definition) is 3. The molecule has 0 amide bonds. The number of nitrogens with one attached hydrogen (secondary N) is 1. The fourth-order valence-electron chi connectivity index (χ4n) is 1.66. The highest BCUT2D eigenvalue weighted by atomic mass is 35.5. The largest absolute Gasteiger partial charge is 0.395 e. The first-order valence-corrected chi connectivity index (χ1v) is 8.06. The Morgan fingerprint density at radius 3 is 2.42 bits per heavy atom. The Hall–Kier alpha value is -0.330. The van der Waals surface area contributed by atoms with Crippen LogP contribution in [0.5, 0.6) is 0 Å². The molecule has 0 saturated heterocycles. The Labute approximate surface area is 123 Å². The van der Waals surface area contributed by atoms with Crippen LogP contribution < -0.4 is 4.72 Å². The summed E-state index contributed by atoms with van der Waals surface area (Å²) in [6.45, 7) is 4.80. The van der Waals surface area contributed by atoms with Crippen LogP contribution in [0, 0.1) is 13.8 Å². The van der Waals surface area contributed by atoms with E-state index in [-0.39, 0.29) is 16.5 Å². The van der Waals surface area contributed by atoms with Crippen molar-refractivity contribution in [2.24, 2.45) is 0 Å². The first-order chi connectivity index (χ1) is 8.74. The van der Waals surface area contributed by atoms with E-state index in [2.05, 4.69) is 4.72 Å². The van der Waals surface area contributed by atoms with E-state index in [1.54, 1.807) is 26.8 Å². The average Bonchev–Trinajstić information content (AvgIpc) is 2.33. The van der Waals surface area contributed by atoms with Gasteiger partial charge in [-0.15, -0.1) is 0 Å². The predicted octanol–water partition coefficient (Wildman–Crippen LogP) is 2.66. The Kier molecular flexibility index (Phi) is 5.65. The normalized spacial score (nSPS) is 13.6. The summed E-state index contributed by atoms with van der Waals surface area (Å²) in [6.07, 6.45) is 0.478. The third-order valence-corrected chi connectivity index (χ3v) is 5.57. The average molecular weight is 326 g/mol. The molecule has 0 unspecified atom stereocenters. The third-order valence-electron chi connectivity index (χ3n) is 2.89. The van der Waals surface area contributed by atoms with E-state index in [1.165, 1.54) is 0 Å². The lowest BCUT2D eigenvalue weighted by molar-refractivity contribution is 0.254. The van der Waals surface area contributed by atoms with Crippen LogP contribution in [0.3, 0.4) is 0 Å². The van der Waals surface area contributed by atoms with Gasteiger partial charge in [-0.2, -0.15) is 0 Å². The molecule has 0 bridgehead atoms. The van der Waals surface area contributed by atoms with Gasteiger partial charge in [-0.1, -0.05) is 30.1 Å². The molecule has 0 aliphatic carbocycles. The Bertz CT molecular complexity index is 543. The molecule has 0 heterocycles. The number of aliphatic hydroxyl groups is 1. The van der Waals surface area contributed by atoms with Crippen LogP contribution in [0.25, 0.3) is 0 Å². The molecule has 0 radical (unpaired) electrons. The smallest absolute Gasteiger partial charge is 0.242 e. The second-order valence-corrected chi connectivity index (χ2v) is 6.79. The molecule has 7 heteroatoms. The van der Waals surface area contributed by atoms with Gasteiger partial charge in [-0.05, 0) is 37.5 Å². The van der Waals surface area contributed by atoms with Crippen molar-refractivity contribution in [1.82, 2.24) is 4.72 Å². The van der Waals surface area contributed by atoms with Crippen molar-refractivity contribution >= 4 is 33.2 Å². The molecule has 0 aromatic heterocycles. The van der Waals surface area contributed by atoms with Gasteiger partial charge in [0.2, 0.25) is 10.0 Å². The minimum absolute atomic E-state index is 0.0222. The van der Waals surface area contributed by atoms with Gasteiger partial charge in [0.1, 0.15) is 4.90 Å². The molecule has 1 aromatic rings. The Morgan fingerprint density at radius 1 is 1.37 bits per heavy atom. The lowest BCUT2D eigenvalue weighted by Crippen LogP contribution is -2.37. The monoisotopic (exact) mass is 325 g/mol. The van der Waals surface area contributed by atoms with Crippen LogP contribution in [0.15, 0.2) is 11.0 Å². The van der Waals surface area contributed by atoms with E-state index < -0.39 is 16.1 Å². The van der Waals surface area contributed by atoms with E-state index in [1.807, 2.05) is 0 Å². The minimum Gasteiger partial charge on any atom is -0.395 e. The quantitative estimate of drug-likeness (QED) is 0.874. The van der Waals surface area contributed by atoms with E-state index in [9.17, 15) is 8.42 Å². The highest BCUT2D eigenvalue weighted by molar-refractivity contribution is 7.89. The Balaban J connectivity index is 3.37. The SMILES string of the molecule is CC[C@H](CO)NS(=O)(=O)c1c(C)c(Cl)cc(C)c1Cl. The van der Waals surface area contributed by atoms with Crippen molar-refractivity contribution in [3.05, 3.63) is 27.2 Å². The van der Waals surface area contributed by atoms with Crippen molar-refractivity contribution in [2.45, 2.75) is 38.1 Å². The molecule has 0 aliphatic heterocycles. The van der Waals surface area contributed by atoms with E-state index in [0.717, 1.165) is 0 Å². The molecule has 108 valence electrons. The Morgan fingerprint density at radius 2 is 1.95 bits per heavy atom. The fraction of sp³-hybridized carbons (Fsp3) is 0.500. The standard InChI is InChI=1S/C12H17Cl2NO3S/c1-4-9(6-16)15-19(17,18)12-8(3)10(13)5-7(2)11(12)14/h5,9,15-16H,4,6H2,1-3H3/t9-/m1/s1. The van der Waals surface area contributed by atoms with Crippen molar-refractivity contribution in [1.29, 1.82) is 0 Å². The highest BCUT2D eigenvalue weighted by Crippen LogP contribution is 2.33. The lowest BCUT2D eigenvalue weighted by Gasteiger charge is -2.18. The molecule has 2 N–H and O–H groups in total. The number of aliphatic hydroxyl groups excluding tert-OH is 1. The van der Waals surface area contributed by atoms with Crippen LogP contribution in [0.2, 0.25) is 10.0 Å². The second-order valence-electron chi connectivity index (χ2n) is 4.35. The third kappa shape index (κ3) is 3.61. The number of rotatable bonds is 5. The van der Waals surface area contributed by atoms with Crippen LogP contribution in [-0.2, 0) is 10.0 Å². The molecule has 0 spiro atoms. The zero-order valence-electron chi connectivity index (χ0n) is 11.0. The molecule has 0 saturated carbocycles. The van der Waals surface area contributed by atoms with Gasteiger partial charge in [0.15, 0.2) is 0 Å². The summed E-state index contributed by atoms with van der Waals surface area (Å²) in [5.74, 6) is 0. The predicted molar refractivity (Wildman–Crippen MR) is 77.4 cm³/mol.